The minimum atomic E-state index is -0.413. The fourth-order valence-electron chi connectivity index (χ4n) is 2.68. The molecule has 0 heterocycles. The van der Waals surface area contributed by atoms with Crippen LogP contribution in [0.4, 0.5) is 0 Å². The van der Waals surface area contributed by atoms with Gasteiger partial charge in [0.2, 0.25) is 5.91 Å². The van der Waals surface area contributed by atoms with E-state index < -0.39 is 6.10 Å². The van der Waals surface area contributed by atoms with Crippen LogP contribution in [0.15, 0.2) is 24.3 Å². The highest BCUT2D eigenvalue weighted by molar-refractivity contribution is 6.30. The maximum atomic E-state index is 12.4. The Labute approximate surface area is 138 Å². The van der Waals surface area contributed by atoms with Crippen LogP contribution < -0.4 is 5.32 Å². The van der Waals surface area contributed by atoms with Crippen molar-refractivity contribution in [3.63, 3.8) is 0 Å². The Morgan fingerprint density at radius 3 is 2.41 bits per heavy atom. The number of rotatable bonds is 7. The summed E-state index contributed by atoms with van der Waals surface area (Å²) < 4.78 is 5.65. The average Bonchev–Trinajstić information content (AvgIpc) is 2.43. The van der Waals surface area contributed by atoms with Crippen LogP contribution in [-0.2, 0) is 15.1 Å². The summed E-state index contributed by atoms with van der Waals surface area (Å²) in [6, 6.07) is 7.77. The number of hydrogen-bond acceptors (Lipinski definition) is 2. The number of hydrogen-bond donors (Lipinski definition) is 1. The van der Waals surface area contributed by atoms with E-state index in [1.807, 2.05) is 31.2 Å². The van der Waals surface area contributed by atoms with Gasteiger partial charge in [-0.3, -0.25) is 4.79 Å². The first-order valence-corrected chi connectivity index (χ1v) is 8.50. The Kier molecular flexibility index (Phi) is 5.87. The predicted molar refractivity (Wildman–Crippen MR) is 90.0 cm³/mol. The molecule has 0 bridgehead atoms. The van der Waals surface area contributed by atoms with Crippen LogP contribution >= 0.6 is 11.6 Å². The Bertz CT molecular complexity index is 494. The van der Waals surface area contributed by atoms with Crippen molar-refractivity contribution in [2.45, 2.75) is 58.1 Å². The maximum absolute atomic E-state index is 12.4. The molecular weight excluding hydrogens is 298 g/mol. The van der Waals surface area contributed by atoms with E-state index in [0.717, 1.165) is 36.3 Å². The lowest BCUT2D eigenvalue weighted by molar-refractivity contribution is -0.135. The summed E-state index contributed by atoms with van der Waals surface area (Å²) in [6.07, 6.45) is 3.63. The van der Waals surface area contributed by atoms with Crippen molar-refractivity contribution in [2.75, 3.05) is 6.61 Å². The lowest BCUT2D eigenvalue weighted by atomic mass is 9.71. The van der Waals surface area contributed by atoms with Crippen molar-refractivity contribution >= 4 is 17.5 Å². The number of carbonyl (C=O) groups excluding carboxylic acids is 1. The first-order valence-electron chi connectivity index (χ1n) is 8.12. The molecule has 1 amide bonds. The molecule has 0 spiro atoms. The molecule has 0 aliphatic heterocycles. The smallest absolute Gasteiger partial charge is 0.249 e. The standard InChI is InChI=1S/C18H26ClNO2/c1-13(2)9-12-22-14(3)17(21)20-18(10-4-11-18)15-5-7-16(19)8-6-15/h5-8,13-14H,4,9-12H2,1-3H3,(H,20,21). The lowest BCUT2D eigenvalue weighted by Crippen LogP contribution is -2.53. The Balaban J connectivity index is 1.94. The number of ether oxygens (including phenoxy) is 1. The van der Waals surface area contributed by atoms with Crippen molar-refractivity contribution < 1.29 is 9.53 Å². The summed E-state index contributed by atoms with van der Waals surface area (Å²) in [6.45, 7) is 6.75. The van der Waals surface area contributed by atoms with E-state index in [9.17, 15) is 4.79 Å². The van der Waals surface area contributed by atoms with Crippen molar-refractivity contribution in [1.82, 2.24) is 5.32 Å². The van der Waals surface area contributed by atoms with Crippen LogP contribution in [0.25, 0.3) is 0 Å². The molecule has 1 aliphatic rings. The summed E-state index contributed by atoms with van der Waals surface area (Å²) in [7, 11) is 0. The molecule has 1 N–H and O–H groups in total. The third-order valence-electron chi connectivity index (χ3n) is 4.40. The summed E-state index contributed by atoms with van der Waals surface area (Å²) in [5.74, 6) is 0.556. The van der Waals surface area contributed by atoms with Gasteiger partial charge in [0.25, 0.3) is 0 Å². The molecule has 1 saturated carbocycles. The van der Waals surface area contributed by atoms with Crippen LogP contribution in [0.3, 0.4) is 0 Å². The third-order valence-corrected chi connectivity index (χ3v) is 4.65. The molecule has 0 aromatic heterocycles. The second-order valence-corrected chi connectivity index (χ2v) is 7.06. The number of carbonyl (C=O) groups is 1. The van der Waals surface area contributed by atoms with Crippen LogP contribution in [-0.4, -0.2) is 18.6 Å². The van der Waals surface area contributed by atoms with Gasteiger partial charge in [-0.05, 0) is 56.2 Å². The molecule has 4 heteroatoms. The zero-order valence-electron chi connectivity index (χ0n) is 13.7. The van der Waals surface area contributed by atoms with E-state index in [-0.39, 0.29) is 11.4 Å². The number of benzene rings is 1. The minimum absolute atomic E-state index is 0.0293. The molecular formula is C18H26ClNO2. The van der Waals surface area contributed by atoms with E-state index in [1.165, 1.54) is 0 Å². The van der Waals surface area contributed by atoms with E-state index in [1.54, 1.807) is 0 Å². The zero-order chi connectivity index (χ0) is 16.2. The molecule has 1 aromatic rings. The van der Waals surface area contributed by atoms with Crippen LogP contribution in [0.1, 0.15) is 52.0 Å². The molecule has 1 atom stereocenters. The fraction of sp³-hybridized carbons (Fsp3) is 0.611. The van der Waals surface area contributed by atoms with Gasteiger partial charge in [-0.15, -0.1) is 0 Å². The minimum Gasteiger partial charge on any atom is -0.369 e. The summed E-state index contributed by atoms with van der Waals surface area (Å²) in [4.78, 5) is 12.4. The van der Waals surface area contributed by atoms with Gasteiger partial charge in [-0.1, -0.05) is 37.6 Å². The van der Waals surface area contributed by atoms with Gasteiger partial charge in [0.1, 0.15) is 6.10 Å². The van der Waals surface area contributed by atoms with Crippen LogP contribution in [0, 0.1) is 5.92 Å². The first kappa shape index (κ1) is 17.3. The molecule has 0 radical (unpaired) electrons. The monoisotopic (exact) mass is 323 g/mol. The van der Waals surface area contributed by atoms with Gasteiger partial charge < -0.3 is 10.1 Å². The summed E-state index contributed by atoms with van der Waals surface area (Å²) in [5, 5.41) is 3.91. The Hall–Kier alpha value is -1.06. The Morgan fingerprint density at radius 1 is 1.27 bits per heavy atom. The molecule has 0 saturated heterocycles. The van der Waals surface area contributed by atoms with Gasteiger partial charge >= 0.3 is 0 Å². The fourth-order valence-corrected chi connectivity index (χ4v) is 2.80. The van der Waals surface area contributed by atoms with Gasteiger partial charge in [-0.2, -0.15) is 0 Å². The molecule has 1 fully saturated rings. The molecule has 1 unspecified atom stereocenters. The quantitative estimate of drug-likeness (QED) is 0.813. The highest BCUT2D eigenvalue weighted by Crippen LogP contribution is 2.41. The van der Waals surface area contributed by atoms with Gasteiger partial charge in [0.05, 0.1) is 5.54 Å². The maximum Gasteiger partial charge on any atom is 0.249 e. The highest BCUT2D eigenvalue weighted by Gasteiger charge is 2.40. The normalized spacial score (nSPS) is 17.9. The van der Waals surface area contributed by atoms with E-state index >= 15 is 0 Å². The second kappa shape index (κ2) is 7.47. The van der Waals surface area contributed by atoms with Gasteiger partial charge in [-0.25, -0.2) is 0 Å². The summed E-state index contributed by atoms with van der Waals surface area (Å²) in [5.41, 5.74) is 0.892. The highest BCUT2D eigenvalue weighted by atomic mass is 35.5. The van der Waals surface area contributed by atoms with Crippen LogP contribution in [0.2, 0.25) is 5.02 Å². The molecule has 3 nitrogen and oxygen atoms in total. The molecule has 22 heavy (non-hydrogen) atoms. The number of amides is 1. The number of nitrogens with one attached hydrogen (secondary N) is 1. The van der Waals surface area contributed by atoms with Crippen molar-refractivity contribution in [2.24, 2.45) is 5.92 Å². The van der Waals surface area contributed by atoms with Crippen LogP contribution in [0.5, 0.6) is 0 Å². The van der Waals surface area contributed by atoms with E-state index in [0.29, 0.717) is 12.5 Å². The van der Waals surface area contributed by atoms with Crippen molar-refractivity contribution in [3.8, 4) is 0 Å². The molecule has 122 valence electrons. The van der Waals surface area contributed by atoms with Gasteiger partial charge in [0, 0.05) is 11.6 Å². The molecule has 1 aliphatic carbocycles. The topological polar surface area (TPSA) is 38.3 Å². The van der Waals surface area contributed by atoms with Crippen molar-refractivity contribution in [1.29, 1.82) is 0 Å². The third kappa shape index (κ3) is 4.23. The van der Waals surface area contributed by atoms with Gasteiger partial charge in [0.15, 0.2) is 0 Å². The largest absolute Gasteiger partial charge is 0.369 e. The lowest BCUT2D eigenvalue weighted by Gasteiger charge is -2.43. The number of halogens is 1. The summed E-state index contributed by atoms with van der Waals surface area (Å²) >= 11 is 5.95. The second-order valence-electron chi connectivity index (χ2n) is 6.63. The van der Waals surface area contributed by atoms with E-state index in [2.05, 4.69) is 19.2 Å². The molecule has 1 aromatic carbocycles. The Morgan fingerprint density at radius 2 is 1.91 bits per heavy atom. The first-order chi connectivity index (χ1) is 10.4. The van der Waals surface area contributed by atoms with Crippen molar-refractivity contribution in [3.05, 3.63) is 34.9 Å². The molecule has 2 rings (SSSR count). The SMILES string of the molecule is CC(C)CCOC(C)C(=O)NC1(c2ccc(Cl)cc2)CCC1. The van der Waals surface area contributed by atoms with E-state index in [4.69, 9.17) is 16.3 Å². The zero-order valence-corrected chi connectivity index (χ0v) is 14.5. The average molecular weight is 324 g/mol. The predicted octanol–water partition coefficient (Wildman–Crippen LogP) is 4.29.